The fraction of sp³-hybridized carbons (Fsp3) is 0.273. The summed E-state index contributed by atoms with van der Waals surface area (Å²) in [6, 6.07) is 4.59. The number of nitrogens with two attached hydrogens (primary N) is 1. The predicted molar refractivity (Wildman–Crippen MR) is 60.0 cm³/mol. The molecule has 0 spiro atoms. The summed E-state index contributed by atoms with van der Waals surface area (Å²) in [5.41, 5.74) is 7.98. The molecule has 0 fully saturated rings. The van der Waals surface area contributed by atoms with Crippen LogP contribution in [0.25, 0.3) is 10.9 Å². The van der Waals surface area contributed by atoms with Crippen LogP contribution in [0.4, 0.5) is 0 Å². The third kappa shape index (κ3) is 1.45. The van der Waals surface area contributed by atoms with E-state index in [0.29, 0.717) is 5.69 Å². The van der Waals surface area contributed by atoms with Crippen molar-refractivity contribution in [2.24, 2.45) is 12.8 Å². The molecule has 2 aromatic rings. The maximum absolute atomic E-state index is 10.9. The van der Waals surface area contributed by atoms with Crippen LogP contribution in [0.5, 0.6) is 0 Å². The van der Waals surface area contributed by atoms with Crippen LogP contribution < -0.4 is 5.73 Å². The zero-order chi connectivity index (χ0) is 11.9. The molecule has 1 heterocycles. The minimum atomic E-state index is -1.08. The number of rotatable bonds is 2. The van der Waals surface area contributed by atoms with E-state index in [2.05, 4.69) is 5.10 Å². The van der Waals surface area contributed by atoms with Crippen LogP contribution in [0.1, 0.15) is 17.3 Å². The van der Waals surface area contributed by atoms with Crippen LogP contribution in [0.3, 0.4) is 0 Å². The first-order valence-corrected chi connectivity index (χ1v) is 4.93. The molecule has 1 atom stereocenters. The number of carboxylic acid groups (broad SMARTS) is 1. The summed E-state index contributed by atoms with van der Waals surface area (Å²) >= 11 is 0. The molecule has 0 amide bonds. The molecule has 0 saturated carbocycles. The summed E-state index contributed by atoms with van der Waals surface area (Å²) in [7, 11) is 1.79. The first-order chi connectivity index (χ1) is 7.52. The lowest BCUT2D eigenvalue weighted by molar-refractivity contribution is -0.138. The van der Waals surface area contributed by atoms with Crippen molar-refractivity contribution >= 4 is 16.9 Å². The number of aliphatic carboxylic acids is 1. The summed E-state index contributed by atoms with van der Waals surface area (Å²) in [6.07, 6.45) is 0. The molecule has 0 saturated heterocycles. The quantitative estimate of drug-likeness (QED) is 0.788. The molecule has 5 heteroatoms. The van der Waals surface area contributed by atoms with Crippen LogP contribution in [-0.2, 0) is 11.8 Å². The second-order valence-electron chi connectivity index (χ2n) is 3.80. The summed E-state index contributed by atoms with van der Waals surface area (Å²) in [4.78, 5) is 10.9. The third-order valence-corrected chi connectivity index (χ3v) is 2.66. The summed E-state index contributed by atoms with van der Waals surface area (Å²) in [5.74, 6) is -1.07. The molecule has 1 aromatic carbocycles. The van der Waals surface area contributed by atoms with E-state index in [9.17, 15) is 4.79 Å². The van der Waals surface area contributed by atoms with E-state index < -0.39 is 12.0 Å². The maximum Gasteiger partial charge on any atom is 0.326 e. The molecule has 2 rings (SSSR count). The van der Waals surface area contributed by atoms with Crippen LogP contribution in [0.2, 0.25) is 0 Å². The van der Waals surface area contributed by atoms with E-state index in [1.807, 2.05) is 25.1 Å². The molecule has 0 aliphatic heterocycles. The highest BCUT2D eigenvalue weighted by Gasteiger charge is 2.21. The summed E-state index contributed by atoms with van der Waals surface area (Å²) in [5, 5.41) is 13.9. The van der Waals surface area contributed by atoms with Gasteiger partial charge >= 0.3 is 5.97 Å². The van der Waals surface area contributed by atoms with E-state index in [0.717, 1.165) is 16.5 Å². The number of para-hydroxylation sites is 1. The van der Waals surface area contributed by atoms with E-state index >= 15 is 0 Å². The molecular weight excluding hydrogens is 206 g/mol. The Morgan fingerprint density at radius 2 is 2.25 bits per heavy atom. The number of hydrogen-bond acceptors (Lipinski definition) is 3. The van der Waals surface area contributed by atoms with Gasteiger partial charge in [-0.2, -0.15) is 5.10 Å². The zero-order valence-electron chi connectivity index (χ0n) is 9.14. The van der Waals surface area contributed by atoms with Gasteiger partial charge in [-0.25, -0.2) is 0 Å². The van der Waals surface area contributed by atoms with Crippen LogP contribution >= 0.6 is 0 Å². The van der Waals surface area contributed by atoms with Gasteiger partial charge < -0.3 is 10.8 Å². The first-order valence-electron chi connectivity index (χ1n) is 4.93. The van der Waals surface area contributed by atoms with Crippen LogP contribution in [-0.4, -0.2) is 20.9 Å². The van der Waals surface area contributed by atoms with E-state index in [1.54, 1.807) is 11.7 Å². The van der Waals surface area contributed by atoms with Gasteiger partial charge in [0.15, 0.2) is 0 Å². The minimum absolute atomic E-state index is 0.411. The molecule has 0 radical (unpaired) electrons. The van der Waals surface area contributed by atoms with E-state index in [-0.39, 0.29) is 0 Å². The van der Waals surface area contributed by atoms with Crippen molar-refractivity contribution in [2.45, 2.75) is 13.0 Å². The molecule has 0 aliphatic carbocycles. The van der Waals surface area contributed by atoms with Gasteiger partial charge in [0.2, 0.25) is 0 Å². The SMILES string of the molecule is Cc1cccc2c(C(N)C(=O)O)nn(C)c12. The smallest absolute Gasteiger partial charge is 0.326 e. The van der Waals surface area contributed by atoms with Gasteiger partial charge in [-0.05, 0) is 12.5 Å². The number of fused-ring (bicyclic) bond motifs is 1. The van der Waals surface area contributed by atoms with Crippen LogP contribution in [0, 0.1) is 6.92 Å². The van der Waals surface area contributed by atoms with Gasteiger partial charge in [-0.1, -0.05) is 18.2 Å². The number of aromatic nitrogens is 2. The number of carbonyl (C=O) groups is 1. The maximum atomic E-state index is 10.9. The van der Waals surface area contributed by atoms with E-state index in [1.165, 1.54) is 0 Å². The van der Waals surface area contributed by atoms with Crippen molar-refractivity contribution in [3.8, 4) is 0 Å². The van der Waals surface area contributed by atoms with Crippen molar-refractivity contribution in [3.05, 3.63) is 29.5 Å². The van der Waals surface area contributed by atoms with Crippen molar-refractivity contribution in [1.29, 1.82) is 0 Å². The number of aryl methyl sites for hydroxylation is 2. The van der Waals surface area contributed by atoms with Gasteiger partial charge in [-0.3, -0.25) is 9.48 Å². The molecule has 1 aromatic heterocycles. The Morgan fingerprint density at radius 3 is 2.88 bits per heavy atom. The topological polar surface area (TPSA) is 81.1 Å². The average molecular weight is 219 g/mol. The van der Waals surface area contributed by atoms with Gasteiger partial charge in [0.05, 0.1) is 11.2 Å². The molecule has 1 unspecified atom stereocenters. The van der Waals surface area contributed by atoms with Crippen LogP contribution in [0.15, 0.2) is 18.2 Å². The second kappa shape index (κ2) is 3.61. The summed E-state index contributed by atoms with van der Waals surface area (Å²) < 4.78 is 1.67. The van der Waals surface area contributed by atoms with Gasteiger partial charge in [0.1, 0.15) is 6.04 Å². The lowest BCUT2D eigenvalue weighted by atomic mass is 10.1. The van der Waals surface area contributed by atoms with Crippen molar-refractivity contribution in [2.75, 3.05) is 0 Å². The fourth-order valence-electron chi connectivity index (χ4n) is 1.91. The van der Waals surface area contributed by atoms with E-state index in [4.69, 9.17) is 10.8 Å². The number of benzene rings is 1. The zero-order valence-corrected chi connectivity index (χ0v) is 9.14. The molecule has 5 nitrogen and oxygen atoms in total. The number of carboxylic acids is 1. The minimum Gasteiger partial charge on any atom is -0.480 e. The highest BCUT2D eigenvalue weighted by atomic mass is 16.4. The Kier molecular flexibility index (Phi) is 2.40. The molecule has 0 bridgehead atoms. The molecule has 84 valence electrons. The molecule has 3 N–H and O–H groups in total. The number of nitrogens with zero attached hydrogens (tertiary/aromatic N) is 2. The normalized spacial score (nSPS) is 12.9. The lowest BCUT2D eigenvalue weighted by Crippen LogP contribution is -2.21. The van der Waals surface area contributed by atoms with Gasteiger partial charge in [0.25, 0.3) is 0 Å². The van der Waals surface area contributed by atoms with Crippen molar-refractivity contribution in [3.63, 3.8) is 0 Å². The molecular formula is C11H13N3O2. The Morgan fingerprint density at radius 1 is 1.56 bits per heavy atom. The fourth-order valence-corrected chi connectivity index (χ4v) is 1.91. The van der Waals surface area contributed by atoms with Gasteiger partial charge in [0, 0.05) is 12.4 Å². The standard InChI is InChI=1S/C11H13N3O2/c1-6-4-3-5-7-9(8(12)11(15)16)13-14(2)10(6)7/h3-5,8H,12H2,1-2H3,(H,15,16). The second-order valence-corrected chi connectivity index (χ2v) is 3.80. The molecule has 0 aliphatic rings. The highest BCUT2D eigenvalue weighted by Crippen LogP contribution is 2.24. The molecule has 16 heavy (non-hydrogen) atoms. The largest absolute Gasteiger partial charge is 0.480 e. The Hall–Kier alpha value is -1.88. The van der Waals surface area contributed by atoms with Crippen molar-refractivity contribution < 1.29 is 9.90 Å². The Labute approximate surface area is 92.5 Å². The Bertz CT molecular complexity index is 560. The average Bonchev–Trinajstić information content (AvgIpc) is 2.56. The monoisotopic (exact) mass is 219 g/mol. The van der Waals surface area contributed by atoms with Crippen molar-refractivity contribution in [1.82, 2.24) is 9.78 Å². The van der Waals surface area contributed by atoms with Gasteiger partial charge in [-0.15, -0.1) is 0 Å². The first kappa shape index (κ1) is 10.6. The predicted octanol–water partition coefficient (Wildman–Crippen LogP) is 0.966. The highest BCUT2D eigenvalue weighted by molar-refractivity contribution is 5.89. The lowest BCUT2D eigenvalue weighted by Gasteiger charge is -2.02. The Balaban J connectivity index is 2.73. The summed E-state index contributed by atoms with van der Waals surface area (Å²) in [6.45, 7) is 1.96. The third-order valence-electron chi connectivity index (χ3n) is 2.66. The number of hydrogen-bond donors (Lipinski definition) is 2.